The third-order valence-electron chi connectivity index (χ3n) is 2.86. The molecule has 0 spiro atoms. The Morgan fingerprint density at radius 1 is 1.32 bits per heavy atom. The van der Waals surface area contributed by atoms with E-state index in [1.165, 1.54) is 6.92 Å². The lowest BCUT2D eigenvalue weighted by atomic mass is 10.2. The maximum absolute atomic E-state index is 11.3. The van der Waals surface area contributed by atoms with Gasteiger partial charge >= 0.3 is 6.03 Å². The second-order valence-electron chi connectivity index (χ2n) is 4.40. The van der Waals surface area contributed by atoms with Gasteiger partial charge in [0.15, 0.2) is 0 Å². The molecule has 2 rings (SSSR count). The molecule has 1 aromatic carbocycles. The molecule has 1 fully saturated rings. The van der Waals surface area contributed by atoms with E-state index in [1.54, 1.807) is 4.90 Å². The highest BCUT2D eigenvalue weighted by molar-refractivity contribution is 5.88. The SMILES string of the molecule is CC(=O)Nc1ccc(NCCN2CCNC2=O)cc1. The summed E-state index contributed by atoms with van der Waals surface area (Å²) < 4.78 is 0. The summed E-state index contributed by atoms with van der Waals surface area (Å²) in [7, 11) is 0. The van der Waals surface area contributed by atoms with Gasteiger partial charge in [0.25, 0.3) is 0 Å². The maximum atomic E-state index is 11.3. The average molecular weight is 262 g/mol. The summed E-state index contributed by atoms with van der Waals surface area (Å²) >= 11 is 0. The van der Waals surface area contributed by atoms with Gasteiger partial charge < -0.3 is 20.9 Å². The van der Waals surface area contributed by atoms with Crippen molar-refractivity contribution in [3.8, 4) is 0 Å². The van der Waals surface area contributed by atoms with Gasteiger partial charge in [-0.15, -0.1) is 0 Å². The van der Waals surface area contributed by atoms with Crippen molar-refractivity contribution in [2.24, 2.45) is 0 Å². The number of carbonyl (C=O) groups excluding carboxylic acids is 2. The lowest BCUT2D eigenvalue weighted by Gasteiger charge is -2.15. The molecule has 0 aliphatic carbocycles. The highest BCUT2D eigenvalue weighted by Crippen LogP contribution is 2.13. The van der Waals surface area contributed by atoms with Crippen molar-refractivity contribution in [1.82, 2.24) is 10.2 Å². The van der Waals surface area contributed by atoms with Crippen molar-refractivity contribution in [1.29, 1.82) is 0 Å². The zero-order valence-corrected chi connectivity index (χ0v) is 10.9. The van der Waals surface area contributed by atoms with Gasteiger partial charge in [-0.05, 0) is 24.3 Å². The first-order valence-electron chi connectivity index (χ1n) is 6.29. The summed E-state index contributed by atoms with van der Waals surface area (Å²) in [6, 6.07) is 7.48. The molecule has 6 nitrogen and oxygen atoms in total. The Morgan fingerprint density at radius 3 is 2.58 bits per heavy atom. The Balaban J connectivity index is 1.76. The fourth-order valence-corrected chi connectivity index (χ4v) is 1.93. The van der Waals surface area contributed by atoms with Crippen molar-refractivity contribution in [3.63, 3.8) is 0 Å². The van der Waals surface area contributed by atoms with Gasteiger partial charge in [-0.2, -0.15) is 0 Å². The van der Waals surface area contributed by atoms with E-state index >= 15 is 0 Å². The molecule has 0 radical (unpaired) electrons. The molecule has 3 amide bonds. The molecule has 3 N–H and O–H groups in total. The van der Waals surface area contributed by atoms with Crippen LogP contribution in [0.5, 0.6) is 0 Å². The van der Waals surface area contributed by atoms with Crippen LogP contribution in [0.2, 0.25) is 0 Å². The van der Waals surface area contributed by atoms with Gasteiger partial charge in [0.05, 0.1) is 0 Å². The van der Waals surface area contributed by atoms with Crippen LogP contribution in [0.15, 0.2) is 24.3 Å². The lowest BCUT2D eigenvalue weighted by molar-refractivity contribution is -0.114. The second kappa shape index (κ2) is 6.08. The van der Waals surface area contributed by atoms with Crippen molar-refractivity contribution in [2.75, 3.05) is 36.8 Å². The van der Waals surface area contributed by atoms with Crippen molar-refractivity contribution in [2.45, 2.75) is 6.92 Å². The van der Waals surface area contributed by atoms with Crippen LogP contribution in [0.25, 0.3) is 0 Å². The number of nitrogens with one attached hydrogen (secondary N) is 3. The Morgan fingerprint density at radius 2 is 2.00 bits per heavy atom. The fourth-order valence-electron chi connectivity index (χ4n) is 1.93. The largest absolute Gasteiger partial charge is 0.383 e. The normalized spacial score (nSPS) is 14.2. The summed E-state index contributed by atoms with van der Waals surface area (Å²) in [5.41, 5.74) is 1.74. The third kappa shape index (κ3) is 3.87. The minimum absolute atomic E-state index is 0.00260. The van der Waals surface area contributed by atoms with E-state index in [2.05, 4.69) is 16.0 Å². The van der Waals surface area contributed by atoms with Crippen LogP contribution in [-0.4, -0.2) is 43.0 Å². The van der Waals surface area contributed by atoms with Crippen molar-refractivity contribution >= 4 is 23.3 Å². The molecule has 102 valence electrons. The maximum Gasteiger partial charge on any atom is 0.317 e. The Kier molecular flexibility index (Phi) is 4.22. The van der Waals surface area contributed by atoms with Gasteiger partial charge in [0, 0.05) is 44.5 Å². The lowest BCUT2D eigenvalue weighted by Crippen LogP contribution is -2.32. The van der Waals surface area contributed by atoms with Crippen LogP contribution < -0.4 is 16.0 Å². The molecule has 1 heterocycles. The number of hydrogen-bond acceptors (Lipinski definition) is 3. The topological polar surface area (TPSA) is 73.5 Å². The number of benzene rings is 1. The second-order valence-corrected chi connectivity index (χ2v) is 4.40. The molecule has 0 unspecified atom stereocenters. The number of nitrogens with zero attached hydrogens (tertiary/aromatic N) is 1. The number of amides is 3. The highest BCUT2D eigenvalue weighted by atomic mass is 16.2. The average Bonchev–Trinajstić information content (AvgIpc) is 2.77. The predicted octanol–water partition coefficient (Wildman–Crippen LogP) is 1.08. The number of rotatable bonds is 5. The molecule has 0 saturated carbocycles. The van der Waals surface area contributed by atoms with E-state index in [0.717, 1.165) is 24.5 Å². The molecule has 1 saturated heterocycles. The molecular weight excluding hydrogens is 244 g/mol. The van der Waals surface area contributed by atoms with E-state index in [9.17, 15) is 9.59 Å². The molecule has 0 atom stereocenters. The predicted molar refractivity (Wildman–Crippen MR) is 74.2 cm³/mol. The smallest absolute Gasteiger partial charge is 0.317 e. The van der Waals surface area contributed by atoms with Crippen molar-refractivity contribution in [3.05, 3.63) is 24.3 Å². The van der Waals surface area contributed by atoms with Crippen LogP contribution in [0.4, 0.5) is 16.2 Å². The molecule has 6 heteroatoms. The zero-order valence-electron chi connectivity index (χ0n) is 10.9. The molecule has 1 aliphatic rings. The summed E-state index contributed by atoms with van der Waals surface area (Å²) in [6.07, 6.45) is 0. The molecule has 0 aromatic heterocycles. The van der Waals surface area contributed by atoms with Crippen molar-refractivity contribution < 1.29 is 9.59 Å². The van der Waals surface area contributed by atoms with Gasteiger partial charge in [-0.25, -0.2) is 4.79 Å². The van der Waals surface area contributed by atoms with Gasteiger partial charge in [-0.1, -0.05) is 0 Å². The van der Waals surface area contributed by atoms with E-state index in [1.807, 2.05) is 24.3 Å². The molecule has 19 heavy (non-hydrogen) atoms. The van der Waals surface area contributed by atoms with E-state index in [0.29, 0.717) is 13.1 Å². The number of anilines is 2. The van der Waals surface area contributed by atoms with Crippen LogP contribution in [-0.2, 0) is 4.79 Å². The number of urea groups is 1. The van der Waals surface area contributed by atoms with Gasteiger partial charge in [0.2, 0.25) is 5.91 Å². The summed E-state index contributed by atoms with van der Waals surface area (Å²) in [5, 5.41) is 8.71. The molecule has 1 aliphatic heterocycles. The molecule has 0 bridgehead atoms. The first kappa shape index (κ1) is 13.2. The molecule has 1 aromatic rings. The fraction of sp³-hybridized carbons (Fsp3) is 0.385. The first-order valence-corrected chi connectivity index (χ1v) is 6.29. The van der Waals surface area contributed by atoms with Gasteiger partial charge in [-0.3, -0.25) is 4.79 Å². The zero-order chi connectivity index (χ0) is 13.7. The monoisotopic (exact) mass is 262 g/mol. The Labute approximate surface area is 112 Å². The van der Waals surface area contributed by atoms with Crippen LogP contribution >= 0.6 is 0 Å². The van der Waals surface area contributed by atoms with Gasteiger partial charge in [0.1, 0.15) is 0 Å². The minimum Gasteiger partial charge on any atom is -0.383 e. The van der Waals surface area contributed by atoms with Crippen LogP contribution in [0.1, 0.15) is 6.92 Å². The minimum atomic E-state index is -0.0826. The van der Waals surface area contributed by atoms with E-state index < -0.39 is 0 Å². The highest BCUT2D eigenvalue weighted by Gasteiger charge is 2.18. The summed E-state index contributed by atoms with van der Waals surface area (Å²) in [6.45, 7) is 4.35. The van der Waals surface area contributed by atoms with E-state index in [-0.39, 0.29) is 11.9 Å². The Hall–Kier alpha value is -2.24. The third-order valence-corrected chi connectivity index (χ3v) is 2.86. The summed E-state index contributed by atoms with van der Waals surface area (Å²) in [4.78, 5) is 24.0. The van der Waals surface area contributed by atoms with E-state index in [4.69, 9.17) is 0 Å². The van der Waals surface area contributed by atoms with Crippen LogP contribution in [0.3, 0.4) is 0 Å². The summed E-state index contributed by atoms with van der Waals surface area (Å²) in [5.74, 6) is -0.0826. The molecular formula is C13H18N4O2. The first-order chi connectivity index (χ1) is 9.15. The Bertz CT molecular complexity index is 458. The van der Waals surface area contributed by atoms with Crippen LogP contribution in [0, 0.1) is 0 Å². The quantitative estimate of drug-likeness (QED) is 0.743. The number of carbonyl (C=O) groups is 2. The number of hydrogen-bond donors (Lipinski definition) is 3. The standard InChI is InChI=1S/C13H18N4O2/c1-10(18)16-12-4-2-11(3-5-12)14-6-8-17-9-7-15-13(17)19/h2-5,14H,6-9H2,1H3,(H,15,19)(H,16,18).